The fourth-order valence-corrected chi connectivity index (χ4v) is 2.67. The smallest absolute Gasteiger partial charge is 0.230 e. The molecule has 0 amide bonds. The lowest BCUT2D eigenvalue weighted by Crippen LogP contribution is -2.25. The third kappa shape index (κ3) is 3.96. The predicted octanol–water partition coefficient (Wildman–Crippen LogP) is 3.50. The number of azo groups is 1. The van der Waals surface area contributed by atoms with Gasteiger partial charge in [-0.3, -0.25) is 4.79 Å². The number of hydrogen-bond donors (Lipinski definition) is 1. The van der Waals surface area contributed by atoms with Crippen molar-refractivity contribution in [3.63, 3.8) is 0 Å². The van der Waals surface area contributed by atoms with Crippen LogP contribution in [-0.4, -0.2) is 36.1 Å². The summed E-state index contributed by atoms with van der Waals surface area (Å²) < 4.78 is 0. The first-order valence-electron chi connectivity index (χ1n) is 6.98. The van der Waals surface area contributed by atoms with Crippen LogP contribution in [0.15, 0.2) is 34.5 Å². The van der Waals surface area contributed by atoms with Crippen LogP contribution in [0.3, 0.4) is 0 Å². The Balaban J connectivity index is 2.09. The minimum absolute atomic E-state index is 0.123. The fraction of sp³-hybridized carbons (Fsp3) is 0.333. The van der Waals surface area contributed by atoms with Crippen molar-refractivity contribution in [2.24, 2.45) is 10.2 Å². The van der Waals surface area contributed by atoms with Crippen LogP contribution >= 0.6 is 11.3 Å². The molecule has 2 aromatic rings. The number of rotatable bonds is 7. The number of aldehydes is 1. The molecule has 6 nitrogen and oxygen atoms in total. The first-order valence-corrected chi connectivity index (χ1v) is 7.79. The molecular weight excluding hydrogens is 300 g/mol. The van der Waals surface area contributed by atoms with E-state index in [1.807, 2.05) is 31.2 Å². The van der Waals surface area contributed by atoms with Gasteiger partial charge in [0.05, 0.1) is 22.9 Å². The van der Waals surface area contributed by atoms with Gasteiger partial charge in [-0.1, -0.05) is 11.3 Å². The third-order valence-corrected chi connectivity index (χ3v) is 4.11. The maximum absolute atomic E-state index is 10.8. The topological polar surface area (TPSA) is 78.2 Å². The lowest BCUT2D eigenvalue weighted by atomic mass is 10.2. The van der Waals surface area contributed by atoms with Gasteiger partial charge >= 0.3 is 0 Å². The van der Waals surface area contributed by atoms with Gasteiger partial charge < -0.3 is 10.0 Å². The van der Waals surface area contributed by atoms with E-state index in [0.717, 1.165) is 18.5 Å². The number of nitrogens with zero attached hydrogens (tertiary/aromatic N) is 4. The van der Waals surface area contributed by atoms with Crippen LogP contribution in [0.2, 0.25) is 0 Å². The van der Waals surface area contributed by atoms with Crippen molar-refractivity contribution in [2.75, 3.05) is 24.6 Å². The molecule has 0 saturated carbocycles. The first kappa shape index (κ1) is 16.3. The molecule has 0 aliphatic heterocycles. The molecule has 0 atom stereocenters. The molecule has 0 unspecified atom stereocenters. The van der Waals surface area contributed by atoms with Gasteiger partial charge in [0.1, 0.15) is 0 Å². The minimum Gasteiger partial charge on any atom is -0.395 e. The van der Waals surface area contributed by atoms with Crippen LogP contribution in [0, 0.1) is 6.92 Å². The molecule has 0 fully saturated rings. The van der Waals surface area contributed by atoms with Crippen molar-refractivity contribution in [2.45, 2.75) is 13.8 Å². The number of likely N-dealkylation sites (N-methyl/N-ethyl adjacent to an activating group) is 1. The van der Waals surface area contributed by atoms with Gasteiger partial charge in [-0.05, 0) is 38.1 Å². The van der Waals surface area contributed by atoms with Gasteiger partial charge in [-0.2, -0.15) is 0 Å². The molecule has 2 rings (SSSR count). The van der Waals surface area contributed by atoms with Gasteiger partial charge in [0.25, 0.3) is 0 Å². The lowest BCUT2D eigenvalue weighted by Gasteiger charge is -2.21. The highest BCUT2D eigenvalue weighted by molar-refractivity contribution is 7.17. The Bertz CT molecular complexity index is 652. The lowest BCUT2D eigenvalue weighted by molar-refractivity contribution is 0.112. The summed E-state index contributed by atoms with van der Waals surface area (Å²) in [6.45, 7) is 5.36. The quantitative estimate of drug-likeness (QED) is 0.626. The fourth-order valence-electron chi connectivity index (χ4n) is 1.97. The van der Waals surface area contributed by atoms with E-state index in [0.29, 0.717) is 27.9 Å². The molecule has 0 aliphatic rings. The van der Waals surface area contributed by atoms with Crippen molar-refractivity contribution in [1.82, 2.24) is 4.98 Å². The predicted molar refractivity (Wildman–Crippen MR) is 87.8 cm³/mol. The third-order valence-electron chi connectivity index (χ3n) is 3.15. The number of thiazole rings is 1. The second-order valence-electron chi connectivity index (χ2n) is 4.58. The van der Waals surface area contributed by atoms with Crippen molar-refractivity contribution < 1.29 is 9.90 Å². The second kappa shape index (κ2) is 7.77. The molecule has 0 spiro atoms. The summed E-state index contributed by atoms with van der Waals surface area (Å²) in [6.07, 6.45) is 0.779. The zero-order chi connectivity index (χ0) is 15.9. The molecule has 7 heteroatoms. The van der Waals surface area contributed by atoms with Crippen LogP contribution in [0.5, 0.6) is 0 Å². The molecule has 1 N–H and O–H groups in total. The summed E-state index contributed by atoms with van der Waals surface area (Å²) in [5, 5.41) is 17.7. The van der Waals surface area contributed by atoms with E-state index in [4.69, 9.17) is 5.11 Å². The van der Waals surface area contributed by atoms with Crippen LogP contribution in [0.1, 0.15) is 22.3 Å². The summed E-state index contributed by atoms with van der Waals surface area (Å²) in [7, 11) is 0. The van der Waals surface area contributed by atoms with Crippen molar-refractivity contribution in [1.29, 1.82) is 0 Å². The number of carbonyl (C=O) groups excluding carboxylic acids is 1. The van der Waals surface area contributed by atoms with E-state index in [1.165, 1.54) is 11.3 Å². The number of aromatic nitrogens is 1. The van der Waals surface area contributed by atoms with E-state index >= 15 is 0 Å². The maximum atomic E-state index is 10.8. The van der Waals surface area contributed by atoms with E-state index < -0.39 is 0 Å². The average molecular weight is 318 g/mol. The Morgan fingerprint density at radius 1 is 1.32 bits per heavy atom. The molecule has 0 bridgehead atoms. The van der Waals surface area contributed by atoms with Crippen LogP contribution in [0.4, 0.5) is 16.5 Å². The summed E-state index contributed by atoms with van der Waals surface area (Å²) in [5.74, 6) is 0. The number of carbonyl (C=O) groups is 1. The Morgan fingerprint density at radius 3 is 2.59 bits per heavy atom. The zero-order valence-electron chi connectivity index (χ0n) is 12.6. The van der Waals surface area contributed by atoms with E-state index in [2.05, 4.69) is 20.1 Å². The summed E-state index contributed by atoms with van der Waals surface area (Å²) >= 11 is 1.22. The molecule has 1 aromatic heterocycles. The Labute approximate surface area is 133 Å². The highest BCUT2D eigenvalue weighted by Crippen LogP contribution is 2.26. The van der Waals surface area contributed by atoms with E-state index in [1.54, 1.807) is 6.92 Å². The zero-order valence-corrected chi connectivity index (χ0v) is 13.4. The number of anilines is 1. The standard InChI is InChI=1S/C15H18N4O2S/c1-3-19(8-9-20)13-6-4-12(5-7-13)17-18-15-16-11(2)14(10-21)22-15/h4-7,10,20H,3,8-9H2,1-2H3. The number of benzene rings is 1. The first-order chi connectivity index (χ1) is 10.7. The van der Waals surface area contributed by atoms with Crippen LogP contribution in [0.25, 0.3) is 0 Å². The Kier molecular flexibility index (Phi) is 5.74. The van der Waals surface area contributed by atoms with Gasteiger partial charge in [-0.25, -0.2) is 4.98 Å². The van der Waals surface area contributed by atoms with Gasteiger partial charge in [0.15, 0.2) is 6.29 Å². The SMILES string of the molecule is CCN(CCO)c1ccc(N=Nc2nc(C)c(C=O)s2)cc1. The molecule has 0 radical (unpaired) electrons. The summed E-state index contributed by atoms with van der Waals surface area (Å²) in [4.78, 5) is 17.6. The van der Waals surface area contributed by atoms with Crippen LogP contribution in [-0.2, 0) is 0 Å². The molecule has 1 aromatic carbocycles. The Hall–Kier alpha value is -2.12. The maximum Gasteiger partial charge on any atom is 0.230 e. The van der Waals surface area contributed by atoms with Gasteiger partial charge in [0.2, 0.25) is 5.13 Å². The molecular formula is C15H18N4O2S. The number of aliphatic hydroxyl groups is 1. The average Bonchev–Trinajstić information content (AvgIpc) is 2.91. The molecule has 0 aliphatic carbocycles. The highest BCUT2D eigenvalue weighted by atomic mass is 32.1. The normalized spacial score (nSPS) is 11.0. The van der Waals surface area contributed by atoms with Crippen molar-refractivity contribution in [3.8, 4) is 0 Å². The van der Waals surface area contributed by atoms with E-state index in [9.17, 15) is 4.79 Å². The molecule has 1 heterocycles. The number of aryl methyl sites for hydroxylation is 1. The minimum atomic E-state index is 0.123. The van der Waals surface area contributed by atoms with E-state index in [-0.39, 0.29) is 6.61 Å². The van der Waals surface area contributed by atoms with Crippen molar-refractivity contribution in [3.05, 3.63) is 34.8 Å². The second-order valence-corrected chi connectivity index (χ2v) is 5.59. The molecule has 0 saturated heterocycles. The Morgan fingerprint density at radius 2 is 2.05 bits per heavy atom. The van der Waals surface area contributed by atoms with Gasteiger partial charge in [0, 0.05) is 18.8 Å². The largest absolute Gasteiger partial charge is 0.395 e. The summed E-state index contributed by atoms with van der Waals surface area (Å²) in [5.41, 5.74) is 2.42. The monoisotopic (exact) mass is 318 g/mol. The van der Waals surface area contributed by atoms with Crippen LogP contribution < -0.4 is 4.90 Å². The number of hydrogen-bond acceptors (Lipinski definition) is 7. The highest BCUT2D eigenvalue weighted by Gasteiger charge is 2.06. The summed E-state index contributed by atoms with van der Waals surface area (Å²) in [6, 6.07) is 7.61. The number of aliphatic hydroxyl groups excluding tert-OH is 1. The molecule has 116 valence electrons. The van der Waals surface area contributed by atoms with Gasteiger partial charge in [-0.15, -0.1) is 10.2 Å². The molecule has 22 heavy (non-hydrogen) atoms. The van der Waals surface area contributed by atoms with Crippen molar-refractivity contribution >= 4 is 34.1 Å².